The van der Waals surface area contributed by atoms with Crippen LogP contribution in [0.2, 0.25) is 0 Å². The lowest BCUT2D eigenvalue weighted by Gasteiger charge is -2.13. The highest BCUT2D eigenvalue weighted by molar-refractivity contribution is 5.40. The molecular formula is C14H16F3N3O. The van der Waals surface area contributed by atoms with E-state index in [-0.39, 0.29) is 18.4 Å². The van der Waals surface area contributed by atoms with Gasteiger partial charge in [0.2, 0.25) is 0 Å². The molecule has 0 aliphatic rings. The van der Waals surface area contributed by atoms with Gasteiger partial charge in [0, 0.05) is 6.04 Å². The molecule has 0 saturated carbocycles. The number of ether oxygens (including phenoxy) is 1. The summed E-state index contributed by atoms with van der Waals surface area (Å²) in [4.78, 5) is 0. The van der Waals surface area contributed by atoms with Crippen molar-refractivity contribution in [2.75, 3.05) is 5.73 Å². The summed E-state index contributed by atoms with van der Waals surface area (Å²) in [5, 5.41) is 4.09. The smallest absolute Gasteiger partial charge is 0.419 e. The number of alkyl halides is 3. The molecule has 1 heterocycles. The first-order chi connectivity index (χ1) is 9.80. The average Bonchev–Trinajstić information content (AvgIpc) is 2.77. The van der Waals surface area contributed by atoms with Gasteiger partial charge in [0.25, 0.3) is 0 Å². The quantitative estimate of drug-likeness (QED) is 0.937. The van der Waals surface area contributed by atoms with Gasteiger partial charge in [-0.05, 0) is 26.0 Å². The lowest BCUT2D eigenvalue weighted by atomic mass is 10.2. The first-order valence-electron chi connectivity index (χ1n) is 6.41. The van der Waals surface area contributed by atoms with Crippen LogP contribution in [0.15, 0.2) is 30.5 Å². The zero-order chi connectivity index (χ0) is 15.6. The minimum absolute atomic E-state index is 0.0638. The van der Waals surface area contributed by atoms with Gasteiger partial charge >= 0.3 is 6.18 Å². The number of rotatable bonds is 4. The number of halogens is 3. The van der Waals surface area contributed by atoms with E-state index in [0.717, 1.165) is 6.07 Å². The molecule has 4 nitrogen and oxygen atoms in total. The molecule has 0 radical (unpaired) electrons. The van der Waals surface area contributed by atoms with E-state index in [1.165, 1.54) is 24.4 Å². The van der Waals surface area contributed by atoms with Crippen LogP contribution in [0.5, 0.6) is 5.75 Å². The minimum atomic E-state index is -4.45. The number of anilines is 1. The van der Waals surface area contributed by atoms with Crippen molar-refractivity contribution < 1.29 is 17.9 Å². The van der Waals surface area contributed by atoms with Gasteiger partial charge in [0.05, 0.1) is 17.3 Å². The number of nitrogen functional groups attached to an aromatic ring is 1. The van der Waals surface area contributed by atoms with Crippen LogP contribution in [0.1, 0.15) is 31.0 Å². The Labute approximate surface area is 120 Å². The molecule has 2 N–H and O–H groups in total. The summed E-state index contributed by atoms with van der Waals surface area (Å²) >= 11 is 0. The van der Waals surface area contributed by atoms with Gasteiger partial charge in [-0.1, -0.05) is 12.1 Å². The Balaban J connectivity index is 2.18. The van der Waals surface area contributed by atoms with Crippen molar-refractivity contribution in [1.29, 1.82) is 0 Å². The lowest BCUT2D eigenvalue weighted by Crippen LogP contribution is -2.10. The predicted octanol–water partition coefficient (Wildman–Crippen LogP) is 3.64. The largest absolute Gasteiger partial charge is 0.488 e. The topological polar surface area (TPSA) is 53.1 Å². The lowest BCUT2D eigenvalue weighted by molar-refractivity contribution is -0.139. The maximum atomic E-state index is 12.8. The van der Waals surface area contributed by atoms with E-state index in [4.69, 9.17) is 10.5 Å². The zero-order valence-corrected chi connectivity index (χ0v) is 11.7. The molecule has 0 unspecified atom stereocenters. The summed E-state index contributed by atoms with van der Waals surface area (Å²) in [6.07, 6.45) is -2.95. The minimum Gasteiger partial charge on any atom is -0.488 e. The summed E-state index contributed by atoms with van der Waals surface area (Å²) < 4.78 is 45.4. The van der Waals surface area contributed by atoms with Crippen LogP contribution in [-0.4, -0.2) is 9.78 Å². The number of para-hydroxylation sites is 1. The van der Waals surface area contributed by atoms with Crippen molar-refractivity contribution in [3.05, 3.63) is 41.6 Å². The number of hydrogen-bond donors (Lipinski definition) is 1. The number of hydrogen-bond acceptors (Lipinski definition) is 3. The van der Waals surface area contributed by atoms with Crippen molar-refractivity contribution in [3.63, 3.8) is 0 Å². The molecule has 114 valence electrons. The molecule has 21 heavy (non-hydrogen) atoms. The fourth-order valence-corrected chi connectivity index (χ4v) is 1.91. The predicted molar refractivity (Wildman–Crippen MR) is 72.8 cm³/mol. The van der Waals surface area contributed by atoms with Crippen LogP contribution >= 0.6 is 0 Å². The van der Waals surface area contributed by atoms with E-state index in [1.807, 2.05) is 13.8 Å². The van der Waals surface area contributed by atoms with Crippen molar-refractivity contribution >= 4 is 5.82 Å². The third-order valence-corrected chi connectivity index (χ3v) is 2.98. The molecule has 0 spiro atoms. The molecule has 7 heteroatoms. The highest BCUT2D eigenvalue weighted by Crippen LogP contribution is 2.36. The Bertz CT molecular complexity index is 620. The fraction of sp³-hybridized carbons (Fsp3) is 0.357. The average molecular weight is 299 g/mol. The summed E-state index contributed by atoms with van der Waals surface area (Å²) in [5.74, 6) is 0.177. The molecule has 0 aliphatic heterocycles. The van der Waals surface area contributed by atoms with E-state index in [1.54, 1.807) is 4.68 Å². The second-order valence-corrected chi connectivity index (χ2v) is 4.88. The van der Waals surface area contributed by atoms with E-state index in [2.05, 4.69) is 5.10 Å². The van der Waals surface area contributed by atoms with Gasteiger partial charge < -0.3 is 10.5 Å². The highest BCUT2D eigenvalue weighted by atomic mass is 19.4. The van der Waals surface area contributed by atoms with Gasteiger partial charge in [-0.25, -0.2) is 4.68 Å². The van der Waals surface area contributed by atoms with Crippen LogP contribution in [0.3, 0.4) is 0 Å². The molecule has 0 bridgehead atoms. The molecule has 0 fully saturated rings. The Morgan fingerprint density at radius 3 is 2.52 bits per heavy atom. The monoisotopic (exact) mass is 299 g/mol. The van der Waals surface area contributed by atoms with Gasteiger partial charge in [0.1, 0.15) is 18.2 Å². The van der Waals surface area contributed by atoms with Crippen molar-refractivity contribution in [2.45, 2.75) is 32.7 Å². The molecule has 0 aliphatic carbocycles. The highest BCUT2D eigenvalue weighted by Gasteiger charge is 2.34. The summed E-state index contributed by atoms with van der Waals surface area (Å²) in [5.41, 5.74) is 5.64. The first kappa shape index (κ1) is 15.2. The summed E-state index contributed by atoms with van der Waals surface area (Å²) in [7, 11) is 0. The van der Waals surface area contributed by atoms with Crippen molar-refractivity contribution in [3.8, 4) is 5.75 Å². The van der Waals surface area contributed by atoms with Gasteiger partial charge in [0.15, 0.2) is 0 Å². The number of benzene rings is 1. The maximum absolute atomic E-state index is 12.8. The van der Waals surface area contributed by atoms with E-state index in [9.17, 15) is 13.2 Å². The van der Waals surface area contributed by atoms with Crippen molar-refractivity contribution in [2.24, 2.45) is 0 Å². The van der Waals surface area contributed by atoms with Crippen LogP contribution < -0.4 is 10.5 Å². The van der Waals surface area contributed by atoms with Crippen LogP contribution in [0, 0.1) is 0 Å². The molecular weight excluding hydrogens is 283 g/mol. The van der Waals surface area contributed by atoms with E-state index >= 15 is 0 Å². The molecule has 0 amide bonds. The summed E-state index contributed by atoms with van der Waals surface area (Å²) in [6, 6.07) is 5.15. The third kappa shape index (κ3) is 3.29. The van der Waals surface area contributed by atoms with Crippen LogP contribution in [-0.2, 0) is 12.8 Å². The molecule has 0 saturated heterocycles. The van der Waals surface area contributed by atoms with Crippen LogP contribution in [0.25, 0.3) is 0 Å². The molecule has 1 aromatic heterocycles. The number of nitrogens with two attached hydrogens (primary N) is 1. The second-order valence-electron chi connectivity index (χ2n) is 4.88. The molecule has 0 atom stereocenters. The summed E-state index contributed by atoms with van der Waals surface area (Å²) in [6.45, 7) is 3.76. The van der Waals surface area contributed by atoms with Crippen molar-refractivity contribution in [1.82, 2.24) is 9.78 Å². The van der Waals surface area contributed by atoms with Gasteiger partial charge in [-0.15, -0.1) is 0 Å². The maximum Gasteiger partial charge on any atom is 0.419 e. The standard InChI is InChI=1S/C14H16F3N3O/c1-9(2)20-13(18)10(7-19-20)8-21-12-6-4-3-5-11(12)14(15,16)17/h3-7,9H,8,18H2,1-2H3. The molecule has 2 aromatic rings. The Morgan fingerprint density at radius 1 is 1.29 bits per heavy atom. The fourth-order valence-electron chi connectivity index (χ4n) is 1.91. The SMILES string of the molecule is CC(C)n1ncc(COc2ccccc2C(F)(F)F)c1N. The Kier molecular flexibility index (Phi) is 4.11. The van der Waals surface area contributed by atoms with Crippen LogP contribution in [0.4, 0.5) is 19.0 Å². The second kappa shape index (κ2) is 5.67. The first-order valence-corrected chi connectivity index (χ1v) is 6.41. The Hall–Kier alpha value is -2.18. The zero-order valence-electron chi connectivity index (χ0n) is 11.7. The van der Waals surface area contributed by atoms with Gasteiger partial charge in [-0.2, -0.15) is 18.3 Å². The molecule has 2 rings (SSSR count). The number of nitrogens with zero attached hydrogens (tertiary/aromatic N) is 2. The van der Waals surface area contributed by atoms with Gasteiger partial charge in [-0.3, -0.25) is 0 Å². The number of aromatic nitrogens is 2. The normalized spacial score (nSPS) is 11.9. The molecule has 1 aromatic carbocycles. The third-order valence-electron chi connectivity index (χ3n) is 2.98. The van der Waals surface area contributed by atoms with E-state index in [0.29, 0.717) is 11.4 Å². The van der Waals surface area contributed by atoms with E-state index < -0.39 is 11.7 Å². The Morgan fingerprint density at radius 2 is 1.95 bits per heavy atom.